The van der Waals surface area contributed by atoms with E-state index in [2.05, 4.69) is 77.7 Å². The smallest absolute Gasteiger partial charge is 0.185 e. The Balaban J connectivity index is 1.33. The quantitative estimate of drug-likeness (QED) is 0.191. The van der Waals surface area contributed by atoms with Gasteiger partial charge in [-0.15, -0.1) is 0 Å². The van der Waals surface area contributed by atoms with Gasteiger partial charge in [0.25, 0.3) is 0 Å². The van der Waals surface area contributed by atoms with E-state index in [9.17, 15) is 8.42 Å². The maximum Gasteiger partial charge on any atom is 0.185 e. The van der Waals surface area contributed by atoms with E-state index in [1.54, 1.807) is 24.3 Å². The molecule has 0 bridgehead atoms. The third-order valence-electron chi connectivity index (χ3n) is 8.85. The Kier molecular flexibility index (Phi) is 7.32. The average Bonchev–Trinajstić information content (AvgIpc) is 3.01. The minimum atomic E-state index is -3.70. The highest BCUT2D eigenvalue weighted by atomic mass is 35.5. The first kappa shape index (κ1) is 27.0. The largest absolute Gasteiger partial charge is 0.297 e. The van der Waals surface area contributed by atoms with Gasteiger partial charge in [0, 0.05) is 42.1 Å². The molecule has 0 N–H and O–H groups in total. The van der Waals surface area contributed by atoms with Crippen molar-refractivity contribution in [3.05, 3.63) is 124 Å². The number of halogens is 1. The van der Waals surface area contributed by atoms with Gasteiger partial charge in [-0.2, -0.15) is 11.8 Å². The zero-order chi connectivity index (χ0) is 28.0. The molecule has 3 nitrogen and oxygen atoms in total. The van der Waals surface area contributed by atoms with E-state index >= 15 is 0 Å². The number of benzene rings is 5. The van der Waals surface area contributed by atoms with Crippen LogP contribution >= 0.6 is 23.4 Å². The van der Waals surface area contributed by atoms with Crippen molar-refractivity contribution >= 4 is 54.7 Å². The van der Waals surface area contributed by atoms with E-state index in [0.717, 1.165) is 54.6 Å². The van der Waals surface area contributed by atoms with Crippen LogP contribution in [-0.4, -0.2) is 37.9 Å². The normalized spacial score (nSPS) is 19.8. The zero-order valence-electron chi connectivity index (χ0n) is 22.8. The molecule has 0 aromatic heterocycles. The fourth-order valence-electron chi connectivity index (χ4n) is 6.76. The summed E-state index contributed by atoms with van der Waals surface area (Å²) in [5, 5.41) is 4.60. The van der Waals surface area contributed by atoms with Crippen LogP contribution < -0.4 is 0 Å². The zero-order valence-corrected chi connectivity index (χ0v) is 25.2. The molecule has 0 radical (unpaired) electrons. The van der Waals surface area contributed by atoms with E-state index in [0.29, 0.717) is 9.92 Å². The molecule has 7 rings (SSSR count). The summed E-state index contributed by atoms with van der Waals surface area (Å²) in [6, 6.07) is 32.3. The van der Waals surface area contributed by atoms with Crippen molar-refractivity contribution in [3.8, 4) is 0 Å². The second-order valence-corrected chi connectivity index (χ2v) is 14.9. The highest BCUT2D eigenvalue weighted by Gasteiger charge is 2.41. The number of aryl methyl sites for hydroxylation is 1. The van der Waals surface area contributed by atoms with Crippen LogP contribution in [0.15, 0.2) is 102 Å². The molecule has 6 heteroatoms. The summed E-state index contributed by atoms with van der Waals surface area (Å²) >= 11 is 8.17. The summed E-state index contributed by atoms with van der Waals surface area (Å²) in [5.41, 5.74) is 4.46. The van der Waals surface area contributed by atoms with Crippen LogP contribution in [0.2, 0.25) is 5.02 Å². The number of hydrogen-bond acceptors (Lipinski definition) is 4. The Morgan fingerprint density at radius 3 is 2.29 bits per heavy atom. The summed E-state index contributed by atoms with van der Waals surface area (Å²) in [7, 11) is -3.70. The third kappa shape index (κ3) is 5.08. The molecule has 1 fully saturated rings. The maximum absolute atomic E-state index is 14.5. The molecule has 0 saturated carbocycles. The lowest BCUT2D eigenvalue weighted by molar-refractivity contribution is 0.294. The van der Waals surface area contributed by atoms with Crippen molar-refractivity contribution in [1.29, 1.82) is 0 Å². The van der Waals surface area contributed by atoms with Crippen molar-refractivity contribution in [2.45, 2.75) is 35.4 Å². The van der Waals surface area contributed by atoms with Gasteiger partial charge in [-0.3, -0.25) is 4.90 Å². The van der Waals surface area contributed by atoms with Crippen LogP contribution in [0.5, 0.6) is 0 Å². The first-order valence-corrected chi connectivity index (χ1v) is 17.4. The molecule has 1 aliphatic heterocycles. The summed E-state index contributed by atoms with van der Waals surface area (Å²) in [6.07, 6.45) is 1.62. The van der Waals surface area contributed by atoms with Crippen molar-refractivity contribution < 1.29 is 8.42 Å². The van der Waals surface area contributed by atoms with Crippen LogP contribution in [0.3, 0.4) is 0 Å². The van der Waals surface area contributed by atoms with Gasteiger partial charge >= 0.3 is 0 Å². The van der Waals surface area contributed by atoms with Gasteiger partial charge in [-0.1, -0.05) is 84.4 Å². The van der Waals surface area contributed by atoms with Gasteiger partial charge < -0.3 is 0 Å². The maximum atomic E-state index is 14.5. The molecule has 5 aromatic rings. The SMILES string of the molecule is O=S(=O)(c1ccc(Cl)cc1)C1c2ccc3c(ccc4ccccc43)c2CCC1c1ccc(CN2CCSCC2)cc1. The highest BCUT2D eigenvalue weighted by Crippen LogP contribution is 2.49. The second-order valence-electron chi connectivity index (χ2n) is 11.2. The number of thioether (sulfide) groups is 1. The van der Waals surface area contributed by atoms with Gasteiger partial charge in [-0.05, 0) is 80.9 Å². The number of fused-ring (bicyclic) bond motifs is 5. The Labute approximate surface area is 251 Å². The standard InChI is InChI=1S/C35H32ClNO2S2/c36-27-10-12-28(13-11-27)41(38,39)35-30(26-7-5-24(6-8-26)23-37-19-21-40-22-20-37)15-16-33-32-14-9-25-3-1-2-4-29(25)31(32)17-18-34(33)35/h1-14,17-18,30,35H,15-16,19-23H2. The van der Waals surface area contributed by atoms with E-state index < -0.39 is 15.1 Å². The molecule has 1 heterocycles. The van der Waals surface area contributed by atoms with Crippen molar-refractivity contribution in [3.63, 3.8) is 0 Å². The van der Waals surface area contributed by atoms with Crippen LogP contribution in [0.1, 0.15) is 39.8 Å². The molecule has 2 unspecified atom stereocenters. The fourth-order valence-corrected chi connectivity index (χ4v) is 9.96. The fraction of sp³-hybridized carbons (Fsp3) is 0.257. The molecule has 0 spiro atoms. The van der Waals surface area contributed by atoms with Crippen molar-refractivity contribution in [1.82, 2.24) is 4.90 Å². The third-order valence-corrected chi connectivity index (χ3v) is 12.2. The summed E-state index contributed by atoms with van der Waals surface area (Å²) in [5.74, 6) is 2.24. The number of hydrogen-bond donors (Lipinski definition) is 0. The molecular formula is C35H32ClNO2S2. The van der Waals surface area contributed by atoms with Crippen LogP contribution in [0.25, 0.3) is 21.5 Å². The molecule has 0 amide bonds. The monoisotopic (exact) mass is 597 g/mol. The molecule has 41 heavy (non-hydrogen) atoms. The van der Waals surface area contributed by atoms with Gasteiger partial charge in [0.2, 0.25) is 0 Å². The summed E-state index contributed by atoms with van der Waals surface area (Å²) < 4.78 is 28.9. The lowest BCUT2D eigenvalue weighted by Crippen LogP contribution is -2.32. The lowest BCUT2D eigenvalue weighted by atomic mass is 9.77. The van der Waals surface area contributed by atoms with E-state index in [-0.39, 0.29) is 5.92 Å². The Morgan fingerprint density at radius 2 is 1.51 bits per heavy atom. The molecule has 2 aliphatic rings. The minimum absolute atomic E-state index is 0.137. The first-order valence-electron chi connectivity index (χ1n) is 14.3. The van der Waals surface area contributed by atoms with Crippen LogP contribution in [0.4, 0.5) is 0 Å². The molecular weight excluding hydrogens is 566 g/mol. The highest BCUT2D eigenvalue weighted by molar-refractivity contribution is 7.99. The molecule has 1 saturated heterocycles. The van der Waals surface area contributed by atoms with Gasteiger partial charge in [0.05, 0.1) is 10.1 Å². The number of rotatable bonds is 5. The van der Waals surface area contributed by atoms with Crippen LogP contribution in [0, 0.1) is 0 Å². The number of sulfone groups is 1. The lowest BCUT2D eigenvalue weighted by Gasteiger charge is -2.35. The first-order chi connectivity index (χ1) is 20.0. The summed E-state index contributed by atoms with van der Waals surface area (Å²) in [4.78, 5) is 2.83. The van der Waals surface area contributed by atoms with Gasteiger partial charge in [0.15, 0.2) is 9.84 Å². The topological polar surface area (TPSA) is 37.4 Å². The van der Waals surface area contributed by atoms with Crippen molar-refractivity contribution in [2.24, 2.45) is 0 Å². The van der Waals surface area contributed by atoms with Crippen LogP contribution in [-0.2, 0) is 22.8 Å². The number of nitrogens with zero attached hydrogens (tertiary/aromatic N) is 1. The molecule has 208 valence electrons. The average molecular weight is 598 g/mol. The predicted molar refractivity (Wildman–Crippen MR) is 173 cm³/mol. The molecule has 2 atom stereocenters. The Morgan fingerprint density at radius 1 is 0.780 bits per heavy atom. The van der Waals surface area contributed by atoms with Gasteiger partial charge in [-0.25, -0.2) is 8.42 Å². The van der Waals surface area contributed by atoms with E-state index in [1.807, 2.05) is 11.8 Å². The Bertz CT molecular complexity index is 1830. The molecule has 1 aliphatic carbocycles. The summed E-state index contributed by atoms with van der Waals surface area (Å²) in [6.45, 7) is 3.19. The van der Waals surface area contributed by atoms with E-state index in [1.165, 1.54) is 33.2 Å². The predicted octanol–water partition coefficient (Wildman–Crippen LogP) is 8.44. The van der Waals surface area contributed by atoms with Crippen molar-refractivity contribution in [2.75, 3.05) is 24.6 Å². The second kappa shape index (κ2) is 11.1. The minimum Gasteiger partial charge on any atom is -0.297 e. The van der Waals surface area contributed by atoms with E-state index in [4.69, 9.17) is 11.6 Å². The Hall–Kier alpha value is -2.83. The molecule has 5 aromatic carbocycles. The van der Waals surface area contributed by atoms with Gasteiger partial charge in [0.1, 0.15) is 0 Å².